The van der Waals surface area contributed by atoms with Crippen LogP contribution in [0.25, 0.3) is 0 Å². The first-order chi connectivity index (χ1) is 8.09. The highest BCUT2D eigenvalue weighted by Gasteiger charge is 2.19. The number of nitrogens with one attached hydrogen (secondary N) is 1. The number of nitrogens with zero attached hydrogens (tertiary/aromatic N) is 1. The van der Waals surface area contributed by atoms with Crippen LogP contribution in [-0.4, -0.2) is 11.1 Å². The molecule has 0 bridgehead atoms. The van der Waals surface area contributed by atoms with E-state index in [0.29, 0.717) is 4.88 Å². The Morgan fingerprint density at radius 3 is 2.82 bits per heavy atom. The Hall–Kier alpha value is -1.62. The van der Waals surface area contributed by atoms with Crippen molar-refractivity contribution in [1.29, 1.82) is 0 Å². The van der Waals surface area contributed by atoms with Crippen LogP contribution in [0.3, 0.4) is 0 Å². The summed E-state index contributed by atoms with van der Waals surface area (Å²) in [5, 5.41) is 8.71. The molecule has 0 spiro atoms. The molecule has 0 radical (unpaired) electrons. The normalized spacial score (nSPS) is 12.4. The lowest BCUT2D eigenvalue weighted by atomic mass is 10.1. The fourth-order valence-electron chi connectivity index (χ4n) is 1.86. The van der Waals surface area contributed by atoms with E-state index in [1.165, 1.54) is 11.3 Å². The molecule has 1 unspecified atom stereocenters. The van der Waals surface area contributed by atoms with E-state index in [-0.39, 0.29) is 11.9 Å². The predicted octanol–water partition coefficient (Wildman–Crippen LogP) is 2.84. The first-order valence-corrected chi connectivity index (χ1v) is 6.24. The van der Waals surface area contributed by atoms with Crippen molar-refractivity contribution in [3.8, 4) is 0 Å². The van der Waals surface area contributed by atoms with Crippen molar-refractivity contribution < 1.29 is 9.32 Å². The molecule has 0 aliphatic rings. The van der Waals surface area contributed by atoms with Gasteiger partial charge in [0.05, 0.1) is 16.6 Å². The average Bonchev–Trinajstić information content (AvgIpc) is 2.88. The van der Waals surface area contributed by atoms with E-state index >= 15 is 0 Å². The van der Waals surface area contributed by atoms with Crippen LogP contribution in [0.2, 0.25) is 0 Å². The third-order valence-corrected chi connectivity index (χ3v) is 3.48. The second-order valence-corrected chi connectivity index (χ2v) is 4.86. The largest absolute Gasteiger partial charge is 0.361 e. The van der Waals surface area contributed by atoms with Crippen molar-refractivity contribution in [1.82, 2.24) is 10.5 Å². The lowest BCUT2D eigenvalue weighted by Gasteiger charge is -2.12. The summed E-state index contributed by atoms with van der Waals surface area (Å²) in [6.07, 6.45) is 0. The first-order valence-electron chi connectivity index (χ1n) is 5.36. The van der Waals surface area contributed by atoms with E-state index in [2.05, 4.69) is 10.5 Å². The number of hydrogen-bond acceptors (Lipinski definition) is 4. The van der Waals surface area contributed by atoms with Crippen molar-refractivity contribution in [2.75, 3.05) is 0 Å². The third-order valence-electron chi connectivity index (χ3n) is 2.61. The summed E-state index contributed by atoms with van der Waals surface area (Å²) in [7, 11) is 0. The molecule has 0 saturated heterocycles. The summed E-state index contributed by atoms with van der Waals surface area (Å²) < 4.78 is 5.09. The van der Waals surface area contributed by atoms with Gasteiger partial charge >= 0.3 is 0 Å². The van der Waals surface area contributed by atoms with Gasteiger partial charge in [0.15, 0.2) is 0 Å². The van der Waals surface area contributed by atoms with Crippen molar-refractivity contribution in [2.24, 2.45) is 0 Å². The maximum Gasteiger partial charge on any atom is 0.261 e. The lowest BCUT2D eigenvalue weighted by molar-refractivity contribution is 0.0944. The molecule has 0 fully saturated rings. The molecule has 5 heteroatoms. The molecule has 17 heavy (non-hydrogen) atoms. The molecule has 0 aromatic carbocycles. The van der Waals surface area contributed by atoms with Crippen LogP contribution in [0.15, 0.2) is 22.0 Å². The zero-order valence-electron chi connectivity index (χ0n) is 9.98. The van der Waals surface area contributed by atoms with E-state index in [0.717, 1.165) is 17.0 Å². The van der Waals surface area contributed by atoms with E-state index in [1.807, 2.05) is 32.2 Å². The van der Waals surface area contributed by atoms with Gasteiger partial charge in [-0.1, -0.05) is 11.2 Å². The van der Waals surface area contributed by atoms with Crippen molar-refractivity contribution in [3.63, 3.8) is 0 Å². The monoisotopic (exact) mass is 250 g/mol. The molecule has 1 N–H and O–H groups in total. The zero-order chi connectivity index (χ0) is 12.4. The summed E-state index contributed by atoms with van der Waals surface area (Å²) in [6.45, 7) is 5.65. The number of thiophene rings is 1. The highest BCUT2D eigenvalue weighted by Crippen LogP contribution is 2.21. The second-order valence-electron chi connectivity index (χ2n) is 3.91. The smallest absolute Gasteiger partial charge is 0.261 e. The van der Waals surface area contributed by atoms with Gasteiger partial charge in [-0.2, -0.15) is 0 Å². The quantitative estimate of drug-likeness (QED) is 0.911. The van der Waals surface area contributed by atoms with Gasteiger partial charge in [0.25, 0.3) is 5.91 Å². The molecule has 2 aromatic rings. The van der Waals surface area contributed by atoms with Crippen LogP contribution >= 0.6 is 11.3 Å². The van der Waals surface area contributed by atoms with Crippen LogP contribution in [0.5, 0.6) is 0 Å². The maximum absolute atomic E-state index is 11.9. The summed E-state index contributed by atoms with van der Waals surface area (Å²) in [4.78, 5) is 12.6. The predicted molar refractivity (Wildman–Crippen MR) is 66.2 cm³/mol. The Kier molecular flexibility index (Phi) is 3.28. The Bertz CT molecular complexity index is 497. The van der Waals surface area contributed by atoms with E-state index in [4.69, 9.17) is 4.52 Å². The molecule has 90 valence electrons. The molecule has 2 rings (SSSR count). The topological polar surface area (TPSA) is 55.1 Å². The summed E-state index contributed by atoms with van der Waals surface area (Å²) >= 11 is 1.43. The average molecular weight is 250 g/mol. The van der Waals surface area contributed by atoms with Crippen molar-refractivity contribution >= 4 is 17.2 Å². The molecule has 0 aliphatic heterocycles. The van der Waals surface area contributed by atoms with Crippen molar-refractivity contribution in [2.45, 2.75) is 26.8 Å². The molecule has 0 aliphatic carbocycles. The van der Waals surface area contributed by atoms with Crippen LogP contribution in [0.1, 0.15) is 39.7 Å². The van der Waals surface area contributed by atoms with Gasteiger partial charge in [0.1, 0.15) is 5.76 Å². The molecule has 1 amide bonds. The Morgan fingerprint density at radius 2 is 2.29 bits per heavy atom. The summed E-state index contributed by atoms with van der Waals surface area (Å²) in [5.41, 5.74) is 1.77. The first kappa shape index (κ1) is 11.9. The third kappa shape index (κ3) is 2.39. The Labute approximate surface area is 104 Å². The van der Waals surface area contributed by atoms with Gasteiger partial charge in [-0.25, -0.2) is 0 Å². The maximum atomic E-state index is 11.9. The highest BCUT2D eigenvalue weighted by atomic mass is 32.1. The van der Waals surface area contributed by atoms with Crippen LogP contribution in [-0.2, 0) is 0 Å². The van der Waals surface area contributed by atoms with Gasteiger partial charge in [-0.05, 0) is 32.2 Å². The van der Waals surface area contributed by atoms with E-state index in [1.54, 1.807) is 6.07 Å². The number of carbonyl (C=O) groups is 1. The van der Waals surface area contributed by atoms with Gasteiger partial charge in [0, 0.05) is 5.56 Å². The van der Waals surface area contributed by atoms with Crippen LogP contribution < -0.4 is 5.32 Å². The number of carbonyl (C=O) groups excluding carboxylic acids is 1. The molecule has 2 aromatic heterocycles. The minimum atomic E-state index is -0.101. The second kappa shape index (κ2) is 4.71. The molecule has 0 saturated carbocycles. The Morgan fingerprint density at radius 1 is 1.53 bits per heavy atom. The number of hydrogen-bond donors (Lipinski definition) is 1. The van der Waals surface area contributed by atoms with Crippen LogP contribution in [0, 0.1) is 13.8 Å². The standard InChI is InChI=1S/C12H14N2O2S/c1-7(11-8(2)14-16-9(11)3)13-12(15)10-5-4-6-17-10/h4-7H,1-3H3,(H,13,15). The molecule has 4 nitrogen and oxygen atoms in total. The fraction of sp³-hybridized carbons (Fsp3) is 0.333. The number of aryl methyl sites for hydroxylation is 2. The highest BCUT2D eigenvalue weighted by molar-refractivity contribution is 7.12. The lowest BCUT2D eigenvalue weighted by Crippen LogP contribution is -2.26. The summed E-state index contributed by atoms with van der Waals surface area (Å²) in [6, 6.07) is 3.57. The number of rotatable bonds is 3. The molecular weight excluding hydrogens is 236 g/mol. The molecule has 2 heterocycles. The van der Waals surface area contributed by atoms with Gasteiger partial charge in [-0.3, -0.25) is 4.79 Å². The number of aromatic nitrogens is 1. The minimum absolute atomic E-state index is 0.0625. The van der Waals surface area contributed by atoms with Gasteiger partial charge in [0.2, 0.25) is 0 Å². The van der Waals surface area contributed by atoms with Gasteiger partial charge < -0.3 is 9.84 Å². The zero-order valence-corrected chi connectivity index (χ0v) is 10.8. The van der Waals surface area contributed by atoms with Gasteiger partial charge in [-0.15, -0.1) is 11.3 Å². The summed E-state index contributed by atoms with van der Waals surface area (Å²) in [5.74, 6) is 0.689. The number of amides is 1. The molecular formula is C12H14N2O2S. The van der Waals surface area contributed by atoms with Crippen molar-refractivity contribution in [3.05, 3.63) is 39.4 Å². The Balaban J connectivity index is 2.12. The minimum Gasteiger partial charge on any atom is -0.361 e. The van der Waals surface area contributed by atoms with Crippen LogP contribution in [0.4, 0.5) is 0 Å². The molecule has 1 atom stereocenters. The fourth-order valence-corrected chi connectivity index (χ4v) is 2.48. The SMILES string of the molecule is Cc1noc(C)c1C(C)NC(=O)c1cccs1. The van der Waals surface area contributed by atoms with E-state index in [9.17, 15) is 4.79 Å². The van der Waals surface area contributed by atoms with E-state index < -0.39 is 0 Å².